The minimum Gasteiger partial charge on any atom is -0.478 e. The van der Waals surface area contributed by atoms with Gasteiger partial charge in [-0.05, 0) is 0 Å². The number of hydrogen-bond acceptors (Lipinski definition) is 6. The second-order valence-corrected chi connectivity index (χ2v) is 4.34. The molecular weight excluding hydrogens is 248 g/mol. The molecule has 8 nitrogen and oxygen atoms in total. The van der Waals surface area contributed by atoms with Gasteiger partial charge < -0.3 is 9.67 Å². The highest BCUT2D eigenvalue weighted by molar-refractivity contribution is 5.88. The van der Waals surface area contributed by atoms with Crippen LogP contribution in [0.3, 0.4) is 0 Å². The zero-order chi connectivity index (χ0) is 13.2. The van der Waals surface area contributed by atoms with Crippen molar-refractivity contribution in [1.82, 2.24) is 29.6 Å². The molecule has 19 heavy (non-hydrogen) atoms. The lowest BCUT2D eigenvalue weighted by molar-refractivity contribution is 0.0692. The predicted octanol–water partition coefficient (Wildman–Crippen LogP) is -0.218. The Morgan fingerprint density at radius 1 is 1.42 bits per heavy atom. The molecule has 0 spiro atoms. The Hall–Kier alpha value is -2.35. The summed E-state index contributed by atoms with van der Waals surface area (Å²) in [6, 6.07) is 0. The summed E-state index contributed by atoms with van der Waals surface area (Å²) >= 11 is 0. The van der Waals surface area contributed by atoms with Gasteiger partial charge in [-0.15, -0.1) is 10.2 Å². The number of aromatic nitrogens is 5. The lowest BCUT2D eigenvalue weighted by atomic mass is 10.2. The summed E-state index contributed by atoms with van der Waals surface area (Å²) in [5.41, 5.74) is 0.671. The third-order valence-corrected chi connectivity index (χ3v) is 3.12. The van der Waals surface area contributed by atoms with Gasteiger partial charge in [-0.2, -0.15) is 0 Å². The SMILES string of the molecule is O=C(O)c1cncnc1CN1CCn2cnnc2C1. The molecule has 0 aromatic carbocycles. The van der Waals surface area contributed by atoms with Gasteiger partial charge in [0.2, 0.25) is 0 Å². The molecule has 8 heteroatoms. The van der Waals surface area contributed by atoms with E-state index >= 15 is 0 Å². The summed E-state index contributed by atoms with van der Waals surface area (Å²) in [4.78, 5) is 21.0. The number of rotatable bonds is 3. The first-order chi connectivity index (χ1) is 9.24. The van der Waals surface area contributed by atoms with E-state index in [-0.39, 0.29) is 5.56 Å². The van der Waals surface area contributed by atoms with E-state index in [4.69, 9.17) is 5.11 Å². The van der Waals surface area contributed by atoms with Gasteiger partial charge in [0.1, 0.15) is 24.0 Å². The van der Waals surface area contributed by atoms with E-state index in [2.05, 4.69) is 25.1 Å². The zero-order valence-electron chi connectivity index (χ0n) is 10.1. The fraction of sp³-hybridized carbons (Fsp3) is 0.364. The molecule has 3 rings (SSSR count). The van der Waals surface area contributed by atoms with Crippen molar-refractivity contribution in [3.63, 3.8) is 0 Å². The Bertz CT molecular complexity index is 611. The molecule has 0 radical (unpaired) electrons. The maximum atomic E-state index is 11.1. The predicted molar refractivity (Wildman–Crippen MR) is 63.1 cm³/mol. The molecule has 0 atom stereocenters. The Balaban J connectivity index is 1.78. The van der Waals surface area contributed by atoms with E-state index in [0.717, 1.165) is 18.9 Å². The first-order valence-corrected chi connectivity index (χ1v) is 5.85. The van der Waals surface area contributed by atoms with Crippen LogP contribution < -0.4 is 0 Å². The minimum absolute atomic E-state index is 0.148. The van der Waals surface area contributed by atoms with Gasteiger partial charge in [0, 0.05) is 25.8 Å². The van der Waals surface area contributed by atoms with Crippen LogP contribution in [0.15, 0.2) is 18.9 Å². The average Bonchev–Trinajstić information content (AvgIpc) is 2.86. The summed E-state index contributed by atoms with van der Waals surface area (Å²) in [6.07, 6.45) is 4.41. The fourth-order valence-electron chi connectivity index (χ4n) is 2.12. The quantitative estimate of drug-likeness (QED) is 0.814. The van der Waals surface area contributed by atoms with Crippen LogP contribution in [0.4, 0.5) is 0 Å². The van der Waals surface area contributed by atoms with Crippen molar-refractivity contribution in [1.29, 1.82) is 0 Å². The molecule has 2 aromatic heterocycles. The summed E-state index contributed by atoms with van der Waals surface area (Å²) < 4.78 is 1.99. The van der Waals surface area contributed by atoms with Gasteiger partial charge in [-0.3, -0.25) is 4.90 Å². The van der Waals surface area contributed by atoms with Crippen LogP contribution >= 0.6 is 0 Å². The van der Waals surface area contributed by atoms with Crippen molar-refractivity contribution in [2.24, 2.45) is 0 Å². The first kappa shape index (κ1) is 11.7. The number of hydrogen-bond donors (Lipinski definition) is 1. The van der Waals surface area contributed by atoms with Gasteiger partial charge in [-0.25, -0.2) is 14.8 Å². The van der Waals surface area contributed by atoms with Gasteiger partial charge in [-0.1, -0.05) is 0 Å². The average molecular weight is 260 g/mol. The number of nitrogens with zero attached hydrogens (tertiary/aromatic N) is 6. The maximum Gasteiger partial charge on any atom is 0.339 e. The molecule has 3 heterocycles. The van der Waals surface area contributed by atoms with E-state index in [1.165, 1.54) is 12.5 Å². The number of carboxylic acid groups (broad SMARTS) is 1. The monoisotopic (exact) mass is 260 g/mol. The van der Waals surface area contributed by atoms with Crippen LogP contribution in [-0.2, 0) is 19.6 Å². The summed E-state index contributed by atoms with van der Waals surface area (Å²) in [5, 5.41) is 17.0. The van der Waals surface area contributed by atoms with Gasteiger partial charge in [0.25, 0.3) is 0 Å². The zero-order valence-corrected chi connectivity index (χ0v) is 10.1. The second kappa shape index (κ2) is 4.73. The Kier molecular flexibility index (Phi) is 2.92. The van der Waals surface area contributed by atoms with Crippen LogP contribution in [0.2, 0.25) is 0 Å². The van der Waals surface area contributed by atoms with E-state index in [1.807, 2.05) is 4.57 Å². The minimum atomic E-state index is -1.00. The Labute approximate surface area is 108 Å². The molecule has 1 aliphatic heterocycles. The normalized spacial score (nSPS) is 15.2. The third kappa shape index (κ3) is 2.29. The van der Waals surface area contributed by atoms with Crippen molar-refractivity contribution in [3.8, 4) is 0 Å². The van der Waals surface area contributed by atoms with E-state index in [1.54, 1.807) is 6.33 Å². The highest BCUT2D eigenvalue weighted by atomic mass is 16.4. The van der Waals surface area contributed by atoms with Crippen molar-refractivity contribution in [2.75, 3.05) is 6.54 Å². The Morgan fingerprint density at radius 2 is 2.32 bits per heavy atom. The molecule has 2 aromatic rings. The Morgan fingerprint density at radius 3 is 3.16 bits per heavy atom. The molecule has 1 N–H and O–H groups in total. The van der Waals surface area contributed by atoms with Crippen LogP contribution in [0, 0.1) is 0 Å². The molecule has 1 aliphatic rings. The highest BCUT2D eigenvalue weighted by Crippen LogP contribution is 2.14. The molecule has 0 saturated carbocycles. The lowest BCUT2D eigenvalue weighted by Crippen LogP contribution is -2.34. The lowest BCUT2D eigenvalue weighted by Gasteiger charge is -2.26. The van der Waals surface area contributed by atoms with Crippen LogP contribution in [0.1, 0.15) is 21.9 Å². The molecule has 0 aliphatic carbocycles. The number of carboxylic acids is 1. The van der Waals surface area contributed by atoms with Crippen molar-refractivity contribution >= 4 is 5.97 Å². The van der Waals surface area contributed by atoms with E-state index in [0.29, 0.717) is 18.8 Å². The van der Waals surface area contributed by atoms with Gasteiger partial charge >= 0.3 is 5.97 Å². The van der Waals surface area contributed by atoms with Crippen molar-refractivity contribution < 1.29 is 9.90 Å². The van der Waals surface area contributed by atoms with E-state index < -0.39 is 5.97 Å². The van der Waals surface area contributed by atoms with Crippen molar-refractivity contribution in [2.45, 2.75) is 19.6 Å². The highest BCUT2D eigenvalue weighted by Gasteiger charge is 2.20. The molecule has 98 valence electrons. The van der Waals surface area contributed by atoms with Gasteiger partial charge in [0.15, 0.2) is 0 Å². The van der Waals surface area contributed by atoms with Crippen LogP contribution in [-0.4, -0.2) is 47.3 Å². The topological polar surface area (TPSA) is 97.0 Å². The molecule has 0 fully saturated rings. The van der Waals surface area contributed by atoms with Crippen LogP contribution in [0.5, 0.6) is 0 Å². The second-order valence-electron chi connectivity index (χ2n) is 4.34. The van der Waals surface area contributed by atoms with E-state index in [9.17, 15) is 4.79 Å². The molecular formula is C11H12N6O2. The molecule has 0 unspecified atom stereocenters. The number of carbonyl (C=O) groups is 1. The van der Waals surface area contributed by atoms with Crippen molar-refractivity contribution in [3.05, 3.63) is 35.9 Å². The molecule has 0 saturated heterocycles. The largest absolute Gasteiger partial charge is 0.478 e. The number of fused-ring (bicyclic) bond motifs is 1. The van der Waals surface area contributed by atoms with Gasteiger partial charge in [0.05, 0.1) is 12.2 Å². The molecule has 0 bridgehead atoms. The fourth-order valence-corrected chi connectivity index (χ4v) is 2.12. The summed E-state index contributed by atoms with van der Waals surface area (Å²) in [7, 11) is 0. The summed E-state index contributed by atoms with van der Waals surface area (Å²) in [6.45, 7) is 2.73. The first-order valence-electron chi connectivity index (χ1n) is 5.85. The van der Waals surface area contributed by atoms with Crippen LogP contribution in [0.25, 0.3) is 0 Å². The maximum absolute atomic E-state index is 11.1. The number of aromatic carboxylic acids is 1. The smallest absolute Gasteiger partial charge is 0.339 e. The molecule has 0 amide bonds. The third-order valence-electron chi connectivity index (χ3n) is 3.12. The standard InChI is InChI=1S/C11H12N6O2/c18-11(19)8-3-12-6-13-9(8)4-16-1-2-17-7-14-15-10(17)5-16/h3,6-7H,1-2,4-5H2,(H,18,19). The summed E-state index contributed by atoms with van der Waals surface area (Å²) in [5.74, 6) is -0.118.